The lowest BCUT2D eigenvalue weighted by Gasteiger charge is -2.17. The van der Waals surface area contributed by atoms with Gasteiger partial charge in [-0.25, -0.2) is 0 Å². The number of carbonyl (C=O) groups is 1. The molecule has 0 aromatic carbocycles. The van der Waals surface area contributed by atoms with Gasteiger partial charge in [0.15, 0.2) is 0 Å². The monoisotopic (exact) mass is 266 g/mol. The molecule has 0 aliphatic heterocycles. The Morgan fingerprint density at radius 2 is 2.06 bits per heavy atom. The third-order valence-electron chi connectivity index (χ3n) is 3.37. The molecule has 1 amide bonds. The summed E-state index contributed by atoms with van der Waals surface area (Å²) in [5.74, 6) is 0.655. The van der Waals surface area contributed by atoms with E-state index in [4.69, 9.17) is 0 Å². The van der Waals surface area contributed by atoms with Crippen LogP contribution >= 0.6 is 0 Å². The Morgan fingerprint density at radius 1 is 1.39 bits per heavy atom. The molecule has 0 aromatic rings. The van der Waals surface area contributed by atoms with E-state index in [0.29, 0.717) is 18.4 Å². The van der Waals surface area contributed by atoms with Gasteiger partial charge in [0.1, 0.15) is 6.54 Å². The Hall–Kier alpha value is -0.780. The van der Waals surface area contributed by atoms with E-state index in [1.807, 2.05) is 5.32 Å². The molecule has 1 fully saturated rings. The summed E-state index contributed by atoms with van der Waals surface area (Å²) in [4.78, 5) is 11.4. The van der Waals surface area contributed by atoms with Crippen LogP contribution in [-0.4, -0.2) is 31.2 Å². The van der Waals surface area contributed by atoms with E-state index in [1.54, 1.807) is 6.92 Å². The highest BCUT2D eigenvalue weighted by atomic mass is 19.4. The van der Waals surface area contributed by atoms with Gasteiger partial charge >= 0.3 is 6.18 Å². The molecule has 3 atom stereocenters. The van der Waals surface area contributed by atoms with Gasteiger partial charge in [0.05, 0.1) is 6.04 Å². The van der Waals surface area contributed by atoms with Crippen molar-refractivity contribution in [1.82, 2.24) is 10.6 Å². The molecule has 0 bridgehead atoms. The second-order valence-electron chi connectivity index (χ2n) is 5.25. The average molecular weight is 266 g/mol. The Labute approximate surface area is 106 Å². The number of rotatable bonds is 5. The molecule has 0 spiro atoms. The third-order valence-corrected chi connectivity index (χ3v) is 3.37. The number of halogens is 3. The standard InChI is InChI=1S/C12H21F3N2O/c1-8-3-4-10(5-8)6-16-9(2)11(18)17-7-12(13,14)15/h8-10,16H,3-7H2,1-2H3,(H,17,18). The predicted octanol–water partition coefficient (Wildman–Crippen LogP) is 2.08. The molecule has 1 aliphatic rings. The molecule has 18 heavy (non-hydrogen) atoms. The zero-order valence-electron chi connectivity index (χ0n) is 10.8. The summed E-state index contributed by atoms with van der Waals surface area (Å²) in [5.41, 5.74) is 0. The molecule has 0 heterocycles. The molecule has 0 saturated heterocycles. The second-order valence-corrected chi connectivity index (χ2v) is 5.25. The van der Waals surface area contributed by atoms with Crippen LogP contribution in [-0.2, 0) is 4.79 Å². The first-order valence-electron chi connectivity index (χ1n) is 6.36. The van der Waals surface area contributed by atoms with Crippen LogP contribution in [0.3, 0.4) is 0 Å². The fraction of sp³-hybridized carbons (Fsp3) is 0.917. The maximum atomic E-state index is 11.9. The summed E-state index contributed by atoms with van der Waals surface area (Å²) in [6, 6.07) is -0.580. The summed E-state index contributed by atoms with van der Waals surface area (Å²) in [5, 5.41) is 4.88. The van der Waals surface area contributed by atoms with Crippen LogP contribution in [0.5, 0.6) is 0 Å². The van der Waals surface area contributed by atoms with Crippen molar-refractivity contribution in [2.45, 2.75) is 45.3 Å². The highest BCUT2D eigenvalue weighted by Crippen LogP contribution is 2.29. The van der Waals surface area contributed by atoms with E-state index < -0.39 is 24.7 Å². The molecule has 0 aromatic heterocycles. The molecule has 0 radical (unpaired) electrons. The van der Waals surface area contributed by atoms with E-state index in [9.17, 15) is 18.0 Å². The minimum Gasteiger partial charge on any atom is -0.346 e. The average Bonchev–Trinajstić information content (AvgIpc) is 2.67. The van der Waals surface area contributed by atoms with Gasteiger partial charge in [-0.05, 0) is 38.1 Å². The molecule has 2 N–H and O–H groups in total. The quantitative estimate of drug-likeness (QED) is 0.800. The first-order chi connectivity index (χ1) is 8.28. The van der Waals surface area contributed by atoms with Crippen molar-refractivity contribution in [3.8, 4) is 0 Å². The molecule has 1 saturated carbocycles. The molecule has 3 nitrogen and oxygen atoms in total. The van der Waals surface area contributed by atoms with Crippen LogP contribution in [0.1, 0.15) is 33.1 Å². The van der Waals surface area contributed by atoms with Gasteiger partial charge < -0.3 is 10.6 Å². The minimum absolute atomic E-state index is 0.540. The number of carbonyl (C=O) groups excluding carboxylic acids is 1. The Kier molecular flexibility index (Phi) is 5.44. The highest BCUT2D eigenvalue weighted by molar-refractivity contribution is 5.81. The van der Waals surface area contributed by atoms with E-state index >= 15 is 0 Å². The van der Waals surface area contributed by atoms with Gasteiger partial charge in [-0.2, -0.15) is 13.2 Å². The van der Waals surface area contributed by atoms with Gasteiger partial charge in [-0.3, -0.25) is 4.79 Å². The van der Waals surface area contributed by atoms with E-state index in [-0.39, 0.29) is 0 Å². The van der Waals surface area contributed by atoms with Crippen LogP contribution in [0.2, 0.25) is 0 Å². The number of hydrogen-bond acceptors (Lipinski definition) is 2. The van der Waals surface area contributed by atoms with Gasteiger partial charge in [-0.15, -0.1) is 0 Å². The summed E-state index contributed by atoms with van der Waals surface area (Å²) in [7, 11) is 0. The first kappa shape index (κ1) is 15.3. The van der Waals surface area contributed by atoms with Crippen molar-refractivity contribution in [1.29, 1.82) is 0 Å². The fourth-order valence-corrected chi connectivity index (χ4v) is 2.29. The van der Waals surface area contributed by atoms with Gasteiger partial charge in [0.25, 0.3) is 0 Å². The molecular weight excluding hydrogens is 245 g/mol. The topological polar surface area (TPSA) is 41.1 Å². The Morgan fingerprint density at radius 3 is 2.56 bits per heavy atom. The van der Waals surface area contributed by atoms with Crippen molar-refractivity contribution < 1.29 is 18.0 Å². The summed E-state index contributed by atoms with van der Waals surface area (Å²) in [6.07, 6.45) is -0.897. The van der Waals surface area contributed by atoms with Gasteiger partial charge in [0, 0.05) is 0 Å². The van der Waals surface area contributed by atoms with E-state index in [1.165, 1.54) is 6.42 Å². The number of alkyl halides is 3. The SMILES string of the molecule is CC1CCC(CNC(C)C(=O)NCC(F)(F)F)C1. The van der Waals surface area contributed by atoms with Crippen LogP contribution in [0.25, 0.3) is 0 Å². The lowest BCUT2D eigenvalue weighted by atomic mass is 10.1. The summed E-state index contributed by atoms with van der Waals surface area (Å²) >= 11 is 0. The minimum atomic E-state index is -4.35. The molecule has 6 heteroatoms. The number of hydrogen-bond donors (Lipinski definition) is 2. The smallest absolute Gasteiger partial charge is 0.346 e. The summed E-state index contributed by atoms with van der Waals surface area (Å²) in [6.45, 7) is 3.22. The lowest BCUT2D eigenvalue weighted by molar-refractivity contribution is -0.139. The Balaban J connectivity index is 2.19. The first-order valence-corrected chi connectivity index (χ1v) is 6.36. The van der Waals surface area contributed by atoms with Crippen molar-refractivity contribution in [3.63, 3.8) is 0 Å². The molecule has 3 unspecified atom stereocenters. The number of nitrogens with one attached hydrogen (secondary N) is 2. The zero-order valence-corrected chi connectivity index (χ0v) is 10.8. The van der Waals surface area contributed by atoms with E-state index in [0.717, 1.165) is 12.8 Å². The molecule has 106 valence electrons. The van der Waals surface area contributed by atoms with Crippen LogP contribution < -0.4 is 10.6 Å². The normalized spacial score (nSPS) is 26.1. The number of amides is 1. The molecular formula is C12H21F3N2O. The second kappa shape index (κ2) is 6.41. The zero-order chi connectivity index (χ0) is 13.8. The third kappa shape index (κ3) is 5.71. The molecule has 1 aliphatic carbocycles. The molecule has 1 rings (SSSR count). The van der Waals surface area contributed by atoms with Crippen molar-refractivity contribution in [2.24, 2.45) is 11.8 Å². The lowest BCUT2D eigenvalue weighted by Crippen LogP contribution is -2.46. The fourth-order valence-electron chi connectivity index (χ4n) is 2.29. The van der Waals surface area contributed by atoms with Crippen LogP contribution in [0.4, 0.5) is 13.2 Å². The maximum absolute atomic E-state index is 11.9. The van der Waals surface area contributed by atoms with Crippen LogP contribution in [0.15, 0.2) is 0 Å². The summed E-state index contributed by atoms with van der Waals surface area (Å²) < 4.78 is 35.8. The van der Waals surface area contributed by atoms with Gasteiger partial charge in [0.2, 0.25) is 5.91 Å². The maximum Gasteiger partial charge on any atom is 0.405 e. The Bertz CT molecular complexity index is 281. The largest absolute Gasteiger partial charge is 0.405 e. The predicted molar refractivity (Wildman–Crippen MR) is 63.0 cm³/mol. The highest BCUT2D eigenvalue weighted by Gasteiger charge is 2.29. The van der Waals surface area contributed by atoms with E-state index in [2.05, 4.69) is 12.2 Å². The van der Waals surface area contributed by atoms with Crippen molar-refractivity contribution in [2.75, 3.05) is 13.1 Å². The van der Waals surface area contributed by atoms with Crippen molar-refractivity contribution in [3.05, 3.63) is 0 Å². The van der Waals surface area contributed by atoms with Crippen molar-refractivity contribution >= 4 is 5.91 Å². The van der Waals surface area contributed by atoms with Crippen LogP contribution in [0, 0.1) is 11.8 Å². The van der Waals surface area contributed by atoms with Gasteiger partial charge in [-0.1, -0.05) is 13.3 Å².